The van der Waals surface area contributed by atoms with Gasteiger partial charge < -0.3 is 14.7 Å². The van der Waals surface area contributed by atoms with Gasteiger partial charge in [-0.15, -0.1) is 0 Å². The van der Waals surface area contributed by atoms with Crippen LogP contribution < -0.4 is 0 Å². The molecule has 1 aliphatic heterocycles. The highest BCUT2D eigenvalue weighted by Gasteiger charge is 2.26. The molecule has 1 atom stereocenters. The second kappa shape index (κ2) is 8.47. The molecule has 1 aromatic heterocycles. The lowest BCUT2D eigenvalue weighted by molar-refractivity contribution is 0.0179. The number of aromatic nitrogens is 1. The van der Waals surface area contributed by atoms with E-state index >= 15 is 0 Å². The molecule has 5 heteroatoms. The molecule has 1 aromatic rings. The highest BCUT2D eigenvalue weighted by Crippen LogP contribution is 2.26. The first-order chi connectivity index (χ1) is 11.3. The quantitative estimate of drug-likeness (QED) is 0.886. The van der Waals surface area contributed by atoms with E-state index in [0.29, 0.717) is 5.92 Å². The Kier molecular flexibility index (Phi) is 6.60. The molecule has 2 heterocycles. The van der Waals surface area contributed by atoms with E-state index in [1.165, 1.54) is 0 Å². The van der Waals surface area contributed by atoms with Gasteiger partial charge in [0, 0.05) is 25.5 Å². The number of nitrogens with zero attached hydrogens (tertiary/aromatic N) is 2. The van der Waals surface area contributed by atoms with E-state index in [9.17, 15) is 9.90 Å². The third kappa shape index (κ3) is 6.11. The summed E-state index contributed by atoms with van der Waals surface area (Å²) in [4.78, 5) is 17.8. The molecule has 2 rings (SSSR count). The molecule has 1 N–H and O–H groups in total. The van der Waals surface area contributed by atoms with E-state index in [0.717, 1.165) is 50.8 Å². The van der Waals surface area contributed by atoms with E-state index < -0.39 is 11.7 Å². The Labute approximate surface area is 145 Å². The smallest absolute Gasteiger partial charge is 0.410 e. The Hall–Kier alpha value is -1.62. The molecule has 1 aliphatic rings. The summed E-state index contributed by atoms with van der Waals surface area (Å²) in [6, 6.07) is 3.73. The Morgan fingerprint density at radius 2 is 1.96 bits per heavy atom. The molecule has 0 aliphatic carbocycles. The van der Waals surface area contributed by atoms with Crippen molar-refractivity contribution in [3.8, 4) is 0 Å². The maximum Gasteiger partial charge on any atom is 0.410 e. The molecule has 5 nitrogen and oxygen atoms in total. The lowest BCUT2D eigenvalue weighted by atomic mass is 9.90. The van der Waals surface area contributed by atoms with E-state index in [1.807, 2.05) is 37.8 Å². The molecule has 0 radical (unpaired) electrons. The first-order valence-corrected chi connectivity index (χ1v) is 8.91. The summed E-state index contributed by atoms with van der Waals surface area (Å²) in [5.41, 5.74) is 0.501. The number of aliphatic hydroxyl groups excluding tert-OH is 1. The number of hydrogen-bond donors (Lipinski definition) is 1. The van der Waals surface area contributed by atoms with Gasteiger partial charge in [0.05, 0.1) is 6.10 Å². The van der Waals surface area contributed by atoms with Gasteiger partial charge in [-0.2, -0.15) is 0 Å². The summed E-state index contributed by atoms with van der Waals surface area (Å²) < 4.78 is 5.42. The lowest BCUT2D eigenvalue weighted by Gasteiger charge is -2.33. The van der Waals surface area contributed by atoms with Gasteiger partial charge in [0.2, 0.25) is 0 Å². The molecule has 0 saturated carbocycles. The Bertz CT molecular complexity index is 505. The van der Waals surface area contributed by atoms with Crippen LogP contribution in [0.5, 0.6) is 0 Å². The van der Waals surface area contributed by atoms with Crippen molar-refractivity contribution < 1.29 is 14.6 Å². The number of piperidine rings is 1. The number of likely N-dealkylation sites (tertiary alicyclic amines) is 1. The van der Waals surface area contributed by atoms with Crippen LogP contribution in [-0.4, -0.2) is 39.8 Å². The number of rotatable bonds is 5. The topological polar surface area (TPSA) is 62.7 Å². The maximum absolute atomic E-state index is 12.0. The number of aliphatic hydroxyl groups is 1. The average Bonchev–Trinajstić information content (AvgIpc) is 2.54. The molecular formula is C19H30N2O3. The Balaban J connectivity index is 1.65. The third-order valence-electron chi connectivity index (χ3n) is 4.45. The van der Waals surface area contributed by atoms with Crippen LogP contribution in [0.4, 0.5) is 4.79 Å². The van der Waals surface area contributed by atoms with Gasteiger partial charge in [-0.25, -0.2) is 4.79 Å². The number of carbonyl (C=O) groups excluding carboxylic acids is 1. The Morgan fingerprint density at radius 1 is 1.33 bits per heavy atom. The fraction of sp³-hybridized carbons (Fsp3) is 0.684. The maximum atomic E-state index is 12.0. The monoisotopic (exact) mass is 334 g/mol. The summed E-state index contributed by atoms with van der Waals surface area (Å²) in [6.07, 6.45) is 7.73. The van der Waals surface area contributed by atoms with Gasteiger partial charge >= 0.3 is 6.09 Å². The van der Waals surface area contributed by atoms with E-state index in [4.69, 9.17) is 4.74 Å². The van der Waals surface area contributed by atoms with Crippen LogP contribution in [-0.2, 0) is 4.74 Å². The van der Waals surface area contributed by atoms with Gasteiger partial charge in [0.1, 0.15) is 5.60 Å². The minimum absolute atomic E-state index is 0.200. The van der Waals surface area contributed by atoms with E-state index in [2.05, 4.69) is 4.98 Å². The van der Waals surface area contributed by atoms with Crippen molar-refractivity contribution in [2.45, 2.75) is 64.6 Å². The first kappa shape index (κ1) is 18.7. The standard InChI is InChI=1S/C19H30N2O3/c1-19(2,3)24-18(23)21-13-9-15(10-14-21)5-4-6-17(22)16-7-11-20-12-8-16/h7-8,11-12,15,17,22H,4-6,9-10,13-14H2,1-3H3. The molecule has 0 aromatic carbocycles. The van der Waals surface area contributed by atoms with Crippen LogP contribution >= 0.6 is 0 Å². The van der Waals surface area contributed by atoms with Gasteiger partial charge in [-0.1, -0.05) is 12.8 Å². The number of pyridine rings is 1. The van der Waals surface area contributed by atoms with Crippen LogP contribution in [0.15, 0.2) is 24.5 Å². The largest absolute Gasteiger partial charge is 0.444 e. The molecule has 0 bridgehead atoms. The van der Waals surface area contributed by atoms with E-state index in [1.54, 1.807) is 12.4 Å². The van der Waals surface area contributed by atoms with Crippen molar-refractivity contribution in [3.05, 3.63) is 30.1 Å². The molecule has 0 spiro atoms. The van der Waals surface area contributed by atoms with Crippen molar-refractivity contribution in [1.82, 2.24) is 9.88 Å². The van der Waals surface area contributed by atoms with Crippen LogP contribution in [0.2, 0.25) is 0 Å². The first-order valence-electron chi connectivity index (χ1n) is 8.91. The van der Waals surface area contributed by atoms with Gasteiger partial charge in [-0.05, 0) is 63.6 Å². The summed E-state index contributed by atoms with van der Waals surface area (Å²) >= 11 is 0. The number of hydrogen-bond acceptors (Lipinski definition) is 4. The average molecular weight is 334 g/mol. The second-order valence-electron chi connectivity index (χ2n) is 7.64. The molecule has 1 saturated heterocycles. The summed E-state index contributed by atoms with van der Waals surface area (Å²) in [6.45, 7) is 7.22. The zero-order chi connectivity index (χ0) is 17.6. The van der Waals surface area contributed by atoms with Gasteiger partial charge in [0.15, 0.2) is 0 Å². The van der Waals surface area contributed by atoms with Crippen LogP contribution in [0.3, 0.4) is 0 Å². The predicted octanol–water partition coefficient (Wildman–Crippen LogP) is 3.93. The van der Waals surface area contributed by atoms with Crippen molar-refractivity contribution in [2.24, 2.45) is 5.92 Å². The van der Waals surface area contributed by atoms with Crippen molar-refractivity contribution in [3.63, 3.8) is 0 Å². The highest BCUT2D eigenvalue weighted by molar-refractivity contribution is 5.68. The minimum atomic E-state index is -0.434. The predicted molar refractivity (Wildman–Crippen MR) is 93.6 cm³/mol. The molecule has 1 amide bonds. The molecule has 1 fully saturated rings. The fourth-order valence-corrected chi connectivity index (χ4v) is 3.08. The number of ether oxygens (including phenoxy) is 1. The number of carbonyl (C=O) groups is 1. The summed E-state index contributed by atoms with van der Waals surface area (Å²) in [7, 11) is 0. The van der Waals surface area contributed by atoms with Crippen LogP contribution in [0.25, 0.3) is 0 Å². The molecule has 134 valence electrons. The Morgan fingerprint density at radius 3 is 2.54 bits per heavy atom. The highest BCUT2D eigenvalue weighted by atomic mass is 16.6. The summed E-state index contributed by atoms with van der Waals surface area (Å²) in [5, 5.41) is 10.2. The van der Waals surface area contributed by atoms with Crippen LogP contribution in [0, 0.1) is 5.92 Å². The molecule has 24 heavy (non-hydrogen) atoms. The zero-order valence-corrected chi connectivity index (χ0v) is 15.1. The fourth-order valence-electron chi connectivity index (χ4n) is 3.08. The minimum Gasteiger partial charge on any atom is -0.444 e. The second-order valence-corrected chi connectivity index (χ2v) is 7.64. The van der Waals surface area contributed by atoms with Crippen LogP contribution in [0.1, 0.15) is 64.5 Å². The SMILES string of the molecule is CC(C)(C)OC(=O)N1CCC(CCCC(O)c2ccncc2)CC1. The third-order valence-corrected chi connectivity index (χ3v) is 4.45. The molecule has 1 unspecified atom stereocenters. The van der Waals surface area contributed by atoms with Gasteiger partial charge in [0.25, 0.3) is 0 Å². The van der Waals surface area contributed by atoms with Gasteiger partial charge in [-0.3, -0.25) is 4.98 Å². The van der Waals surface area contributed by atoms with Crippen molar-refractivity contribution in [1.29, 1.82) is 0 Å². The molecular weight excluding hydrogens is 304 g/mol. The zero-order valence-electron chi connectivity index (χ0n) is 15.1. The summed E-state index contributed by atoms with van der Waals surface area (Å²) in [5.74, 6) is 0.633. The number of amides is 1. The lowest BCUT2D eigenvalue weighted by Crippen LogP contribution is -2.41. The van der Waals surface area contributed by atoms with Crippen molar-refractivity contribution in [2.75, 3.05) is 13.1 Å². The normalized spacial score (nSPS) is 17.6. The van der Waals surface area contributed by atoms with E-state index in [-0.39, 0.29) is 6.09 Å². The van der Waals surface area contributed by atoms with Crippen molar-refractivity contribution >= 4 is 6.09 Å².